The summed E-state index contributed by atoms with van der Waals surface area (Å²) in [5, 5.41) is 3.91. The van der Waals surface area contributed by atoms with Crippen molar-refractivity contribution in [3.05, 3.63) is 47.5 Å². The van der Waals surface area contributed by atoms with Crippen LogP contribution < -0.4 is 14.8 Å². The first kappa shape index (κ1) is 26.4. The van der Waals surface area contributed by atoms with Crippen LogP contribution in [0.3, 0.4) is 0 Å². The van der Waals surface area contributed by atoms with Crippen LogP contribution in [-0.4, -0.2) is 72.0 Å². The van der Waals surface area contributed by atoms with Gasteiger partial charge in [0, 0.05) is 36.7 Å². The molecule has 1 N–H and O–H groups in total. The summed E-state index contributed by atoms with van der Waals surface area (Å²) in [5.74, 6) is 0.947. The van der Waals surface area contributed by atoms with Gasteiger partial charge >= 0.3 is 5.97 Å². The number of halogens is 2. The Morgan fingerprint density at radius 2 is 2.11 bits per heavy atom. The van der Waals surface area contributed by atoms with E-state index < -0.39 is 11.4 Å². The SMILES string of the molecule is CC1(C)CN(CCCOc2cc3ncnc(Nc4ccc(F)c(Cl)c4)c3cc2OC2CCOC2)CC(=O)O1. The third-order valence-corrected chi connectivity index (χ3v) is 6.58. The molecule has 2 aliphatic rings. The van der Waals surface area contributed by atoms with Crippen LogP contribution in [0, 0.1) is 5.82 Å². The number of nitrogens with one attached hydrogen (secondary N) is 1. The fourth-order valence-electron chi connectivity index (χ4n) is 4.64. The summed E-state index contributed by atoms with van der Waals surface area (Å²) in [5.41, 5.74) is 0.748. The molecule has 0 amide bonds. The van der Waals surface area contributed by atoms with Gasteiger partial charge in [-0.15, -0.1) is 0 Å². The lowest BCUT2D eigenvalue weighted by molar-refractivity contribution is -0.169. The predicted molar refractivity (Wildman–Crippen MR) is 141 cm³/mol. The number of cyclic esters (lactones) is 1. The smallest absolute Gasteiger partial charge is 0.320 e. The van der Waals surface area contributed by atoms with Crippen molar-refractivity contribution >= 4 is 40.0 Å². The van der Waals surface area contributed by atoms with Gasteiger partial charge < -0.3 is 24.3 Å². The monoisotopic (exact) mass is 544 g/mol. The minimum absolute atomic E-state index is 0.0133. The highest BCUT2D eigenvalue weighted by Gasteiger charge is 2.32. The number of carbonyl (C=O) groups is 1. The lowest BCUT2D eigenvalue weighted by atomic mass is 10.1. The molecule has 3 aromatic rings. The molecule has 2 fully saturated rings. The first-order valence-corrected chi connectivity index (χ1v) is 13.0. The zero-order valence-electron chi connectivity index (χ0n) is 21.3. The van der Waals surface area contributed by atoms with Gasteiger partial charge in [0.1, 0.15) is 29.7 Å². The molecule has 5 rings (SSSR count). The fourth-order valence-corrected chi connectivity index (χ4v) is 4.82. The van der Waals surface area contributed by atoms with E-state index in [-0.39, 0.29) is 23.6 Å². The molecule has 2 aromatic carbocycles. The molecular weight excluding hydrogens is 515 g/mol. The fraction of sp³-hybridized carbons (Fsp3) is 0.444. The number of hydrogen-bond donors (Lipinski definition) is 1. The maximum atomic E-state index is 13.6. The summed E-state index contributed by atoms with van der Waals surface area (Å²) < 4.78 is 36.9. The van der Waals surface area contributed by atoms with Gasteiger partial charge in [0.2, 0.25) is 0 Å². The number of ether oxygens (including phenoxy) is 4. The van der Waals surface area contributed by atoms with Crippen molar-refractivity contribution in [2.75, 3.05) is 44.8 Å². The molecule has 2 saturated heterocycles. The Hall–Kier alpha value is -3.21. The maximum Gasteiger partial charge on any atom is 0.320 e. The molecule has 0 spiro atoms. The lowest BCUT2D eigenvalue weighted by Crippen LogP contribution is -2.51. The summed E-state index contributed by atoms with van der Waals surface area (Å²) >= 11 is 5.95. The van der Waals surface area contributed by atoms with Gasteiger partial charge in [-0.1, -0.05) is 11.6 Å². The number of fused-ring (bicyclic) bond motifs is 1. The van der Waals surface area contributed by atoms with E-state index in [0.29, 0.717) is 66.8 Å². The van der Waals surface area contributed by atoms with Gasteiger partial charge in [-0.2, -0.15) is 0 Å². The molecule has 0 bridgehead atoms. The van der Waals surface area contributed by atoms with Crippen molar-refractivity contribution in [2.24, 2.45) is 0 Å². The molecule has 0 aliphatic carbocycles. The van der Waals surface area contributed by atoms with Gasteiger partial charge in [-0.05, 0) is 44.5 Å². The standard InChI is InChI=1S/C27H30ClFN4O5/c1-27(2)15-33(13-25(34)38-27)7-3-8-36-23-12-22-19(11-24(23)37-18-6-9-35-14-18)26(31-16-30-22)32-17-4-5-21(29)20(28)10-17/h4-5,10-12,16,18H,3,6-9,13-15H2,1-2H3,(H,30,31,32). The minimum atomic E-state index is -0.496. The number of anilines is 2. The summed E-state index contributed by atoms with van der Waals surface area (Å²) in [7, 11) is 0. The van der Waals surface area contributed by atoms with Gasteiger partial charge in [0.15, 0.2) is 11.5 Å². The highest BCUT2D eigenvalue weighted by molar-refractivity contribution is 6.31. The predicted octanol–water partition coefficient (Wildman–Crippen LogP) is 4.74. The third kappa shape index (κ3) is 6.43. The van der Waals surface area contributed by atoms with Crippen LogP contribution in [0.4, 0.5) is 15.9 Å². The Labute approximate surface area is 225 Å². The van der Waals surface area contributed by atoms with E-state index in [1.165, 1.54) is 18.5 Å². The summed E-state index contributed by atoms with van der Waals surface area (Å²) in [6.07, 6.45) is 2.86. The molecule has 1 unspecified atom stereocenters. The molecule has 1 aromatic heterocycles. The largest absolute Gasteiger partial charge is 0.490 e. The van der Waals surface area contributed by atoms with Gasteiger partial charge in [0.25, 0.3) is 0 Å². The van der Waals surface area contributed by atoms with Crippen molar-refractivity contribution in [3.8, 4) is 11.5 Å². The zero-order chi connectivity index (χ0) is 26.7. The van der Waals surface area contributed by atoms with Crippen LogP contribution in [0.15, 0.2) is 36.7 Å². The van der Waals surface area contributed by atoms with Crippen LogP contribution in [0.2, 0.25) is 5.02 Å². The van der Waals surface area contributed by atoms with E-state index in [9.17, 15) is 9.18 Å². The Morgan fingerprint density at radius 1 is 1.24 bits per heavy atom. The Bertz CT molecular complexity index is 1320. The maximum absolute atomic E-state index is 13.6. The van der Waals surface area contributed by atoms with E-state index >= 15 is 0 Å². The number of benzene rings is 2. The van der Waals surface area contributed by atoms with E-state index in [4.69, 9.17) is 30.5 Å². The highest BCUT2D eigenvalue weighted by Crippen LogP contribution is 2.36. The van der Waals surface area contributed by atoms with Crippen molar-refractivity contribution < 1.29 is 28.1 Å². The number of carbonyl (C=O) groups excluding carboxylic acids is 1. The number of hydrogen-bond acceptors (Lipinski definition) is 9. The highest BCUT2D eigenvalue weighted by atomic mass is 35.5. The molecule has 3 heterocycles. The van der Waals surface area contributed by atoms with Crippen molar-refractivity contribution in [1.29, 1.82) is 0 Å². The van der Waals surface area contributed by atoms with Crippen LogP contribution in [0.1, 0.15) is 26.7 Å². The van der Waals surface area contributed by atoms with E-state index in [0.717, 1.165) is 12.8 Å². The molecule has 38 heavy (non-hydrogen) atoms. The topological polar surface area (TPSA) is 95.0 Å². The van der Waals surface area contributed by atoms with Gasteiger partial charge in [-0.25, -0.2) is 14.4 Å². The number of morpholine rings is 1. The van der Waals surface area contributed by atoms with Crippen LogP contribution in [0.5, 0.6) is 11.5 Å². The number of esters is 1. The van der Waals surface area contributed by atoms with E-state index in [2.05, 4.69) is 20.2 Å². The van der Waals surface area contributed by atoms with Crippen molar-refractivity contribution in [1.82, 2.24) is 14.9 Å². The summed E-state index contributed by atoms with van der Waals surface area (Å²) in [6.45, 7) is 7.06. The average Bonchev–Trinajstić information content (AvgIpc) is 3.36. The minimum Gasteiger partial charge on any atom is -0.490 e. The van der Waals surface area contributed by atoms with Gasteiger partial charge in [-0.3, -0.25) is 9.69 Å². The second kappa shape index (κ2) is 11.3. The lowest BCUT2D eigenvalue weighted by Gasteiger charge is -2.37. The van der Waals surface area contributed by atoms with Crippen LogP contribution >= 0.6 is 11.6 Å². The van der Waals surface area contributed by atoms with Gasteiger partial charge in [0.05, 0.1) is 36.9 Å². The van der Waals surface area contributed by atoms with Crippen LogP contribution in [-0.2, 0) is 14.3 Å². The Kier molecular flexibility index (Phi) is 7.83. The normalized spacial score (nSPS) is 19.4. The zero-order valence-corrected chi connectivity index (χ0v) is 22.1. The molecule has 9 nitrogen and oxygen atoms in total. The quantitative estimate of drug-likeness (QED) is 0.303. The second-order valence-electron chi connectivity index (χ2n) is 10.0. The molecule has 2 aliphatic heterocycles. The molecule has 0 radical (unpaired) electrons. The number of rotatable bonds is 9. The second-order valence-corrected chi connectivity index (χ2v) is 10.4. The number of nitrogens with zero attached hydrogens (tertiary/aromatic N) is 3. The van der Waals surface area contributed by atoms with Crippen molar-refractivity contribution in [3.63, 3.8) is 0 Å². The molecular formula is C27H30ClFN4O5. The third-order valence-electron chi connectivity index (χ3n) is 6.29. The van der Waals surface area contributed by atoms with Crippen LogP contribution in [0.25, 0.3) is 10.9 Å². The van der Waals surface area contributed by atoms with E-state index in [1.54, 1.807) is 6.07 Å². The average molecular weight is 545 g/mol. The Balaban J connectivity index is 1.34. The molecule has 11 heteroatoms. The summed E-state index contributed by atoms with van der Waals surface area (Å²) in [4.78, 5) is 22.8. The molecule has 202 valence electrons. The first-order valence-electron chi connectivity index (χ1n) is 12.6. The van der Waals surface area contributed by atoms with E-state index in [1.807, 2.05) is 26.0 Å². The Morgan fingerprint density at radius 3 is 2.87 bits per heavy atom. The molecule has 0 saturated carbocycles. The number of aromatic nitrogens is 2. The summed E-state index contributed by atoms with van der Waals surface area (Å²) in [6, 6.07) is 8.05. The molecule has 1 atom stereocenters. The first-order chi connectivity index (χ1) is 18.3. The van der Waals surface area contributed by atoms with Crippen molar-refractivity contribution in [2.45, 2.75) is 38.4 Å².